The normalized spacial score (nSPS) is 21.1. The van der Waals surface area contributed by atoms with Crippen LogP contribution in [0.25, 0.3) is 0 Å². The van der Waals surface area contributed by atoms with Crippen LogP contribution in [-0.4, -0.2) is 14.5 Å². The first-order chi connectivity index (χ1) is 5.58. The van der Waals surface area contributed by atoms with E-state index in [9.17, 15) is 8.42 Å². The summed E-state index contributed by atoms with van der Waals surface area (Å²) in [7, 11) is -3.58. The molecular formula is C6H15N3O2S. The van der Waals surface area contributed by atoms with E-state index in [-0.39, 0.29) is 6.04 Å². The van der Waals surface area contributed by atoms with Crippen molar-refractivity contribution < 1.29 is 8.42 Å². The molecule has 6 heteroatoms. The fraction of sp³-hybridized carbons (Fsp3) is 1.00. The van der Waals surface area contributed by atoms with Crippen molar-refractivity contribution in [3.8, 4) is 0 Å². The van der Waals surface area contributed by atoms with Gasteiger partial charge in [-0.3, -0.25) is 0 Å². The second-order valence-corrected chi connectivity index (χ2v) is 4.42. The van der Waals surface area contributed by atoms with Crippen LogP contribution in [0.2, 0.25) is 0 Å². The maximum atomic E-state index is 10.5. The predicted octanol–water partition coefficient (Wildman–Crippen LogP) is -0.383. The average Bonchev–Trinajstić information content (AvgIpc) is 2.02. The fourth-order valence-corrected chi connectivity index (χ4v) is 1.74. The van der Waals surface area contributed by atoms with E-state index in [0.717, 1.165) is 25.7 Å². The molecule has 0 saturated heterocycles. The fourth-order valence-electron chi connectivity index (χ4n) is 1.41. The molecule has 0 heterocycles. The molecule has 1 rings (SSSR count). The van der Waals surface area contributed by atoms with Crippen LogP contribution < -0.4 is 15.4 Å². The first-order valence-electron chi connectivity index (χ1n) is 4.13. The van der Waals surface area contributed by atoms with Crippen molar-refractivity contribution in [1.29, 1.82) is 0 Å². The number of hydrogen-bond donors (Lipinski definition) is 3. The maximum absolute atomic E-state index is 10.5. The highest BCUT2D eigenvalue weighted by molar-refractivity contribution is 7.87. The Morgan fingerprint density at radius 1 is 1.17 bits per heavy atom. The molecule has 12 heavy (non-hydrogen) atoms. The molecule has 1 aliphatic rings. The molecule has 1 saturated carbocycles. The summed E-state index contributed by atoms with van der Waals surface area (Å²) in [6.07, 6.45) is 5.59. The van der Waals surface area contributed by atoms with Gasteiger partial charge in [0, 0.05) is 6.04 Å². The molecule has 0 amide bonds. The molecule has 0 atom stereocenters. The van der Waals surface area contributed by atoms with Gasteiger partial charge in [-0.1, -0.05) is 19.3 Å². The highest BCUT2D eigenvalue weighted by Gasteiger charge is 2.13. The van der Waals surface area contributed by atoms with E-state index in [1.165, 1.54) is 6.42 Å². The van der Waals surface area contributed by atoms with Crippen molar-refractivity contribution in [2.45, 2.75) is 38.1 Å². The Morgan fingerprint density at radius 2 is 1.75 bits per heavy atom. The van der Waals surface area contributed by atoms with Gasteiger partial charge in [-0.05, 0) is 12.8 Å². The highest BCUT2D eigenvalue weighted by Crippen LogP contribution is 2.16. The molecule has 5 nitrogen and oxygen atoms in total. The van der Waals surface area contributed by atoms with Gasteiger partial charge in [0.2, 0.25) is 0 Å². The van der Waals surface area contributed by atoms with Crippen LogP contribution in [0.15, 0.2) is 0 Å². The SMILES string of the molecule is NS(=O)(=O)NNC1CCCCC1. The van der Waals surface area contributed by atoms with E-state index < -0.39 is 10.2 Å². The van der Waals surface area contributed by atoms with E-state index in [1.807, 2.05) is 0 Å². The number of hydrazine groups is 1. The molecule has 72 valence electrons. The maximum Gasteiger partial charge on any atom is 0.287 e. The minimum absolute atomic E-state index is 0.247. The summed E-state index contributed by atoms with van der Waals surface area (Å²) in [6, 6.07) is 0.247. The van der Waals surface area contributed by atoms with Crippen LogP contribution in [0, 0.1) is 0 Å². The third-order valence-electron chi connectivity index (χ3n) is 2.01. The lowest BCUT2D eigenvalue weighted by Crippen LogP contribution is -2.47. The molecule has 1 aliphatic carbocycles. The molecule has 0 aromatic heterocycles. The van der Waals surface area contributed by atoms with Crippen molar-refractivity contribution in [3.63, 3.8) is 0 Å². The molecule has 1 fully saturated rings. The average molecular weight is 193 g/mol. The van der Waals surface area contributed by atoms with Gasteiger partial charge in [0.25, 0.3) is 10.2 Å². The summed E-state index contributed by atoms with van der Waals surface area (Å²) in [5, 5.41) is 4.75. The minimum Gasteiger partial charge on any atom is -0.240 e. The summed E-state index contributed by atoms with van der Waals surface area (Å²) in [5.74, 6) is 0. The zero-order chi connectivity index (χ0) is 9.03. The lowest BCUT2D eigenvalue weighted by Gasteiger charge is -2.22. The molecule has 0 radical (unpaired) electrons. The third-order valence-corrected chi connectivity index (χ3v) is 2.41. The molecule has 0 unspecified atom stereocenters. The first kappa shape index (κ1) is 9.91. The summed E-state index contributed by atoms with van der Waals surface area (Å²) < 4.78 is 21.0. The van der Waals surface area contributed by atoms with E-state index >= 15 is 0 Å². The second kappa shape index (κ2) is 4.18. The van der Waals surface area contributed by atoms with Gasteiger partial charge in [0.05, 0.1) is 0 Å². The number of nitrogens with two attached hydrogens (primary N) is 1. The van der Waals surface area contributed by atoms with Gasteiger partial charge >= 0.3 is 0 Å². The molecule has 4 N–H and O–H groups in total. The predicted molar refractivity (Wildman–Crippen MR) is 46.3 cm³/mol. The van der Waals surface area contributed by atoms with Crippen molar-refractivity contribution in [3.05, 3.63) is 0 Å². The van der Waals surface area contributed by atoms with Crippen LogP contribution in [0.1, 0.15) is 32.1 Å². The van der Waals surface area contributed by atoms with Crippen LogP contribution in [-0.2, 0) is 10.2 Å². The zero-order valence-corrected chi connectivity index (χ0v) is 7.73. The van der Waals surface area contributed by atoms with Gasteiger partial charge in [-0.15, -0.1) is 4.83 Å². The molecule has 0 aromatic carbocycles. The van der Waals surface area contributed by atoms with Crippen LogP contribution in [0.4, 0.5) is 0 Å². The summed E-state index contributed by atoms with van der Waals surface area (Å²) in [5.41, 5.74) is 2.70. The summed E-state index contributed by atoms with van der Waals surface area (Å²) >= 11 is 0. The second-order valence-electron chi connectivity index (χ2n) is 3.13. The Balaban J connectivity index is 2.22. The smallest absolute Gasteiger partial charge is 0.240 e. The quantitative estimate of drug-likeness (QED) is 0.534. The van der Waals surface area contributed by atoms with Gasteiger partial charge in [0.1, 0.15) is 0 Å². The van der Waals surface area contributed by atoms with Crippen LogP contribution in [0.5, 0.6) is 0 Å². The minimum atomic E-state index is -3.58. The molecule has 0 spiro atoms. The molecule has 0 aromatic rings. The number of nitrogens with one attached hydrogen (secondary N) is 2. The van der Waals surface area contributed by atoms with Crippen molar-refractivity contribution in [2.75, 3.05) is 0 Å². The molecule has 0 aliphatic heterocycles. The Morgan fingerprint density at radius 3 is 2.25 bits per heavy atom. The van der Waals surface area contributed by atoms with Crippen LogP contribution >= 0.6 is 0 Å². The Hall–Kier alpha value is -0.170. The number of hydrogen-bond acceptors (Lipinski definition) is 3. The van der Waals surface area contributed by atoms with Crippen molar-refractivity contribution >= 4 is 10.2 Å². The van der Waals surface area contributed by atoms with E-state index in [2.05, 4.69) is 10.3 Å². The third kappa shape index (κ3) is 4.01. The Labute approximate surface area is 72.9 Å². The zero-order valence-electron chi connectivity index (χ0n) is 6.91. The van der Waals surface area contributed by atoms with Gasteiger partial charge < -0.3 is 0 Å². The topological polar surface area (TPSA) is 84.2 Å². The van der Waals surface area contributed by atoms with Gasteiger partial charge in [-0.25, -0.2) is 10.6 Å². The van der Waals surface area contributed by atoms with E-state index in [4.69, 9.17) is 5.14 Å². The van der Waals surface area contributed by atoms with Crippen molar-refractivity contribution in [1.82, 2.24) is 10.3 Å². The summed E-state index contributed by atoms with van der Waals surface area (Å²) in [4.78, 5) is 2.09. The largest absolute Gasteiger partial charge is 0.287 e. The van der Waals surface area contributed by atoms with Crippen molar-refractivity contribution in [2.24, 2.45) is 5.14 Å². The lowest BCUT2D eigenvalue weighted by atomic mass is 9.96. The first-order valence-corrected chi connectivity index (χ1v) is 5.67. The Bertz CT molecular complexity index is 221. The van der Waals surface area contributed by atoms with E-state index in [1.54, 1.807) is 0 Å². The number of rotatable bonds is 3. The van der Waals surface area contributed by atoms with E-state index in [0.29, 0.717) is 0 Å². The highest BCUT2D eigenvalue weighted by atomic mass is 32.2. The van der Waals surface area contributed by atoms with Gasteiger partial charge in [-0.2, -0.15) is 8.42 Å². The summed E-state index contributed by atoms with van der Waals surface area (Å²) in [6.45, 7) is 0. The van der Waals surface area contributed by atoms with Crippen LogP contribution in [0.3, 0.4) is 0 Å². The Kier molecular flexibility index (Phi) is 3.45. The molecular weight excluding hydrogens is 178 g/mol. The monoisotopic (exact) mass is 193 g/mol. The molecule has 0 bridgehead atoms. The standard InChI is InChI=1S/C6H15N3O2S/c7-12(10,11)9-8-6-4-2-1-3-5-6/h6,8-9H,1-5H2,(H2,7,10,11). The van der Waals surface area contributed by atoms with Gasteiger partial charge in [0.15, 0.2) is 0 Å². The lowest BCUT2D eigenvalue weighted by molar-refractivity contribution is 0.361.